The number of β-lactam (4-membered cyclic amide) rings is 1. The van der Waals surface area contributed by atoms with Crippen molar-refractivity contribution in [3.05, 3.63) is 52.9 Å². The van der Waals surface area contributed by atoms with Crippen LogP contribution >= 0.6 is 23.1 Å². The van der Waals surface area contributed by atoms with Crippen LogP contribution in [-0.4, -0.2) is 62.8 Å². The third-order valence-electron chi connectivity index (χ3n) is 4.85. The minimum atomic E-state index is -1.18. The molecule has 11 nitrogen and oxygen atoms in total. The number of carbonyl (C=O) groups is 3. The fourth-order valence-electron chi connectivity index (χ4n) is 3.47. The lowest BCUT2D eigenvalue weighted by molar-refractivity contribution is -0.689. The first kappa shape index (κ1) is 21.8. The minimum absolute atomic E-state index is 0.0429. The second-order valence-corrected chi connectivity index (χ2v) is 8.85. The summed E-state index contributed by atoms with van der Waals surface area (Å²) < 4.78 is 1.84. The monoisotopic (exact) mass is 475 g/mol. The highest BCUT2D eigenvalue weighted by molar-refractivity contribution is 8.00. The molecule has 0 radical (unpaired) electrons. The number of pyridine rings is 1. The first-order valence-electron chi connectivity index (χ1n) is 9.38. The van der Waals surface area contributed by atoms with Gasteiger partial charge in [0.2, 0.25) is 0 Å². The standard InChI is InChI=1S/C19H18N6O5S2/c1-30-23-12(11-9-32-19(20)21-11)15(26)22-13-16(27)25-14(18(28)29)10(8-31-17(13)25)7-24-5-3-2-4-6-24/h2-6,9,13,17H,7-8H2,1H3,(H3-,20,21,22,26,28,29)/p+1/t13?,17-/m0/s1. The van der Waals surface area contributed by atoms with E-state index in [9.17, 15) is 19.5 Å². The normalized spacial score (nSPS) is 20.5. The van der Waals surface area contributed by atoms with E-state index >= 15 is 0 Å². The van der Waals surface area contributed by atoms with Crippen LogP contribution in [0.3, 0.4) is 0 Å². The lowest BCUT2D eigenvalue weighted by Crippen LogP contribution is -2.71. The van der Waals surface area contributed by atoms with Gasteiger partial charge in [-0.25, -0.2) is 14.3 Å². The summed E-state index contributed by atoms with van der Waals surface area (Å²) >= 11 is 2.53. The number of oxime groups is 1. The van der Waals surface area contributed by atoms with Crippen LogP contribution < -0.4 is 15.6 Å². The van der Waals surface area contributed by atoms with Crippen LogP contribution in [0.4, 0.5) is 5.13 Å². The molecule has 0 bridgehead atoms. The molecule has 2 aliphatic heterocycles. The SMILES string of the molecule is CON=C(C(=O)NC1C(=O)N2C(C(=O)O)=C(C[n+]3ccccc3)CS[C@@H]12)c1csc(N)n1. The van der Waals surface area contributed by atoms with Crippen molar-refractivity contribution < 1.29 is 28.9 Å². The molecule has 13 heteroatoms. The number of carbonyl (C=O) groups excluding carboxylic acids is 2. The molecule has 4 N–H and O–H groups in total. The molecule has 166 valence electrons. The first-order chi connectivity index (χ1) is 15.4. The predicted octanol–water partition coefficient (Wildman–Crippen LogP) is -0.198. The highest BCUT2D eigenvalue weighted by atomic mass is 32.2. The van der Waals surface area contributed by atoms with Gasteiger partial charge in [-0.3, -0.25) is 14.5 Å². The summed E-state index contributed by atoms with van der Waals surface area (Å²) in [4.78, 5) is 47.6. The lowest BCUT2D eigenvalue weighted by Gasteiger charge is -2.49. The number of carboxylic acids is 1. The van der Waals surface area contributed by atoms with Crippen LogP contribution in [0.5, 0.6) is 0 Å². The van der Waals surface area contributed by atoms with Crippen LogP contribution in [0.25, 0.3) is 0 Å². The van der Waals surface area contributed by atoms with E-state index in [1.54, 1.807) is 5.38 Å². The van der Waals surface area contributed by atoms with Crippen molar-refractivity contribution in [2.24, 2.45) is 5.16 Å². The number of anilines is 1. The molecule has 1 fully saturated rings. The number of hydrogen-bond acceptors (Lipinski definition) is 9. The number of hydrogen-bond donors (Lipinski definition) is 3. The van der Waals surface area contributed by atoms with Crippen LogP contribution in [-0.2, 0) is 25.8 Å². The van der Waals surface area contributed by atoms with Crippen molar-refractivity contribution in [3.63, 3.8) is 0 Å². The Hall–Kier alpha value is -3.45. The van der Waals surface area contributed by atoms with E-state index in [0.717, 1.165) is 11.3 Å². The molecule has 2 aromatic rings. The zero-order chi connectivity index (χ0) is 22.8. The average molecular weight is 476 g/mol. The van der Waals surface area contributed by atoms with Gasteiger partial charge in [-0.2, -0.15) is 0 Å². The van der Waals surface area contributed by atoms with Gasteiger partial charge in [-0.05, 0) is 0 Å². The third kappa shape index (κ3) is 4.03. The van der Waals surface area contributed by atoms with Crippen LogP contribution in [0.1, 0.15) is 5.69 Å². The number of nitrogens with two attached hydrogens (primary N) is 1. The summed E-state index contributed by atoms with van der Waals surface area (Å²) in [6.07, 6.45) is 3.65. The molecule has 4 rings (SSSR count). The van der Waals surface area contributed by atoms with Gasteiger partial charge >= 0.3 is 5.97 Å². The van der Waals surface area contributed by atoms with E-state index < -0.39 is 29.2 Å². The van der Waals surface area contributed by atoms with E-state index in [4.69, 9.17) is 10.6 Å². The lowest BCUT2D eigenvalue weighted by atomic mass is 10.0. The zero-order valence-corrected chi connectivity index (χ0v) is 18.4. The van der Waals surface area contributed by atoms with Gasteiger partial charge < -0.3 is 21.0 Å². The average Bonchev–Trinajstić information content (AvgIpc) is 3.21. The van der Waals surface area contributed by atoms with E-state index in [2.05, 4.69) is 15.5 Å². The number of nitrogens with one attached hydrogen (secondary N) is 1. The molecule has 1 saturated heterocycles. The number of thioether (sulfide) groups is 1. The van der Waals surface area contributed by atoms with Crippen LogP contribution in [0.2, 0.25) is 0 Å². The fourth-order valence-corrected chi connectivity index (χ4v) is 5.35. The Balaban J connectivity index is 1.53. The Labute approximate surface area is 190 Å². The number of aromatic nitrogens is 2. The number of nitrogens with zero attached hydrogens (tertiary/aromatic N) is 4. The Bertz CT molecular complexity index is 1130. The quantitative estimate of drug-likeness (QED) is 0.216. The van der Waals surface area contributed by atoms with Gasteiger partial charge in [-0.1, -0.05) is 11.2 Å². The number of rotatable bonds is 7. The van der Waals surface area contributed by atoms with Gasteiger partial charge in [0.05, 0.1) is 0 Å². The zero-order valence-electron chi connectivity index (χ0n) is 16.8. The molecule has 2 atom stereocenters. The summed E-state index contributed by atoms with van der Waals surface area (Å²) in [6, 6.07) is 4.65. The van der Waals surface area contributed by atoms with Crippen molar-refractivity contribution in [1.29, 1.82) is 0 Å². The molecule has 0 aliphatic carbocycles. The Morgan fingerprint density at radius 3 is 2.78 bits per heavy atom. The fraction of sp³-hybridized carbons (Fsp3) is 0.263. The minimum Gasteiger partial charge on any atom is -0.477 e. The smallest absolute Gasteiger partial charge is 0.352 e. The molecule has 2 aliphatic rings. The van der Waals surface area contributed by atoms with Crippen molar-refractivity contribution in [2.45, 2.75) is 18.0 Å². The van der Waals surface area contributed by atoms with Gasteiger partial charge in [-0.15, -0.1) is 23.1 Å². The second kappa shape index (κ2) is 8.96. The van der Waals surface area contributed by atoms with Crippen LogP contribution in [0.15, 0.2) is 52.4 Å². The van der Waals surface area contributed by atoms with E-state index in [1.807, 2.05) is 35.2 Å². The topological polar surface area (TPSA) is 151 Å². The van der Waals surface area contributed by atoms with Crippen LogP contribution in [0, 0.1) is 0 Å². The molecule has 4 heterocycles. The van der Waals surface area contributed by atoms with E-state index in [1.165, 1.54) is 23.8 Å². The summed E-state index contributed by atoms with van der Waals surface area (Å²) in [7, 11) is 1.28. The number of thiazole rings is 1. The molecular formula is C19H19N6O5S2+. The number of carboxylic acid groups (broad SMARTS) is 1. The van der Waals surface area contributed by atoms with Gasteiger partial charge in [0, 0.05) is 28.8 Å². The van der Waals surface area contributed by atoms with Crippen molar-refractivity contribution >= 4 is 51.7 Å². The van der Waals surface area contributed by atoms with Crippen molar-refractivity contribution in [1.82, 2.24) is 15.2 Å². The molecule has 0 spiro atoms. The highest BCUT2D eigenvalue weighted by Crippen LogP contribution is 2.40. The maximum Gasteiger partial charge on any atom is 0.352 e. The maximum absolute atomic E-state index is 12.9. The predicted molar refractivity (Wildman–Crippen MR) is 116 cm³/mol. The van der Waals surface area contributed by atoms with Crippen molar-refractivity contribution in [2.75, 3.05) is 18.6 Å². The highest BCUT2D eigenvalue weighted by Gasteiger charge is 2.54. The Morgan fingerprint density at radius 2 is 2.16 bits per heavy atom. The summed E-state index contributed by atoms with van der Waals surface area (Å²) in [5, 5.41) is 17.4. The number of aliphatic carboxylic acids is 1. The molecule has 2 amide bonds. The summed E-state index contributed by atoms with van der Waals surface area (Å²) in [6.45, 7) is 0.346. The third-order valence-corrected chi connectivity index (χ3v) is 6.86. The largest absolute Gasteiger partial charge is 0.477 e. The van der Waals surface area contributed by atoms with Gasteiger partial charge in [0.15, 0.2) is 29.8 Å². The Morgan fingerprint density at radius 1 is 1.41 bits per heavy atom. The van der Waals surface area contributed by atoms with E-state index in [0.29, 0.717) is 17.9 Å². The molecule has 1 unspecified atom stereocenters. The van der Waals surface area contributed by atoms with Gasteiger partial charge in [0.1, 0.15) is 29.9 Å². The molecule has 32 heavy (non-hydrogen) atoms. The molecule has 0 saturated carbocycles. The number of nitrogen functional groups attached to an aromatic ring is 1. The Kier molecular flexibility index (Phi) is 6.10. The molecular weight excluding hydrogens is 456 g/mol. The number of amides is 2. The maximum atomic E-state index is 12.9. The number of fused-ring (bicyclic) bond motifs is 1. The van der Waals surface area contributed by atoms with E-state index in [-0.39, 0.29) is 22.2 Å². The summed E-state index contributed by atoms with van der Waals surface area (Å²) in [5.74, 6) is -1.94. The van der Waals surface area contributed by atoms with Gasteiger partial charge in [0.25, 0.3) is 11.8 Å². The first-order valence-corrected chi connectivity index (χ1v) is 11.3. The second-order valence-electron chi connectivity index (χ2n) is 6.86. The van der Waals surface area contributed by atoms with Crippen molar-refractivity contribution in [3.8, 4) is 0 Å². The molecule has 0 aromatic carbocycles. The summed E-state index contributed by atoms with van der Waals surface area (Å²) in [5.41, 5.74) is 6.30. The molecule has 2 aromatic heterocycles.